The number of halogens is 2. The second-order valence-corrected chi connectivity index (χ2v) is 6.91. The lowest BCUT2D eigenvalue weighted by Crippen LogP contribution is -2.12. The number of nitrogens with one attached hydrogen (secondary N) is 2. The first-order valence-corrected chi connectivity index (χ1v) is 8.44. The first-order valence-electron chi connectivity index (χ1n) is 6.28. The maximum absolute atomic E-state index is 7.50. The molecule has 0 bridgehead atoms. The van der Waals surface area contributed by atoms with Crippen LogP contribution in [0.15, 0.2) is 36.4 Å². The Kier molecular flexibility index (Phi) is 5.62. The number of amidine groups is 2. The number of ether oxygens (including phenoxy) is 1. The number of rotatable bonds is 5. The third-order valence-corrected chi connectivity index (χ3v) is 4.53. The summed E-state index contributed by atoms with van der Waals surface area (Å²) in [4.78, 5) is 0. The van der Waals surface area contributed by atoms with Crippen molar-refractivity contribution in [3.8, 4) is 5.75 Å². The Morgan fingerprint density at radius 2 is 1.55 bits per heavy atom. The summed E-state index contributed by atoms with van der Waals surface area (Å²) in [7, 11) is 0. The molecule has 6 N–H and O–H groups in total. The maximum Gasteiger partial charge on any atom is 0.146 e. The van der Waals surface area contributed by atoms with Crippen LogP contribution in [-0.4, -0.2) is 11.7 Å². The molecular weight excluding hydrogens is 506 g/mol. The van der Waals surface area contributed by atoms with Gasteiger partial charge in [-0.1, -0.05) is 18.2 Å². The highest BCUT2D eigenvalue weighted by molar-refractivity contribution is 14.1. The number of hydrogen-bond donors (Lipinski definition) is 4. The fourth-order valence-electron chi connectivity index (χ4n) is 1.84. The van der Waals surface area contributed by atoms with Gasteiger partial charge in [0.1, 0.15) is 24.0 Å². The summed E-state index contributed by atoms with van der Waals surface area (Å²) >= 11 is 4.34. The molecule has 5 nitrogen and oxygen atoms in total. The predicted molar refractivity (Wildman–Crippen MR) is 105 cm³/mol. The molecule has 22 heavy (non-hydrogen) atoms. The van der Waals surface area contributed by atoms with Crippen molar-refractivity contribution in [2.24, 2.45) is 11.5 Å². The highest BCUT2D eigenvalue weighted by atomic mass is 127. The van der Waals surface area contributed by atoms with Crippen molar-refractivity contribution in [2.75, 3.05) is 0 Å². The summed E-state index contributed by atoms with van der Waals surface area (Å²) in [6, 6.07) is 11.1. The Balaban J connectivity index is 2.20. The van der Waals surface area contributed by atoms with Crippen LogP contribution in [-0.2, 0) is 6.61 Å². The Hall–Kier alpha value is -1.36. The van der Waals surface area contributed by atoms with Gasteiger partial charge in [-0.2, -0.15) is 0 Å². The molecule has 0 heterocycles. The second-order valence-electron chi connectivity index (χ2n) is 4.59. The monoisotopic (exact) mass is 520 g/mol. The molecule has 0 aliphatic rings. The minimum atomic E-state index is 0.0385. The second kappa shape index (κ2) is 7.27. The van der Waals surface area contributed by atoms with E-state index in [1.54, 1.807) is 6.07 Å². The van der Waals surface area contributed by atoms with E-state index in [-0.39, 0.29) is 11.7 Å². The summed E-state index contributed by atoms with van der Waals surface area (Å²) in [5, 5.41) is 15.0. The molecule has 2 aromatic rings. The number of nitrogens with two attached hydrogens (primary N) is 2. The minimum absolute atomic E-state index is 0.0385. The van der Waals surface area contributed by atoms with Crippen molar-refractivity contribution in [3.63, 3.8) is 0 Å². The average molecular weight is 520 g/mol. The smallest absolute Gasteiger partial charge is 0.146 e. The maximum atomic E-state index is 7.50. The van der Waals surface area contributed by atoms with E-state index in [1.165, 1.54) is 0 Å². The van der Waals surface area contributed by atoms with Gasteiger partial charge in [0.05, 0.1) is 7.14 Å². The molecule has 0 spiro atoms. The van der Waals surface area contributed by atoms with Gasteiger partial charge in [-0.25, -0.2) is 0 Å². The molecule has 0 atom stereocenters. The molecule has 0 aromatic heterocycles. The van der Waals surface area contributed by atoms with Gasteiger partial charge in [0.25, 0.3) is 0 Å². The number of benzene rings is 2. The predicted octanol–water partition coefficient (Wildman–Crippen LogP) is 3.04. The summed E-state index contributed by atoms with van der Waals surface area (Å²) in [5.74, 6) is 0.841. The van der Waals surface area contributed by atoms with E-state index in [4.69, 9.17) is 27.0 Å². The van der Waals surface area contributed by atoms with E-state index in [0.717, 1.165) is 18.5 Å². The van der Waals surface area contributed by atoms with Crippen molar-refractivity contribution in [3.05, 3.63) is 60.2 Å². The zero-order valence-electron chi connectivity index (χ0n) is 11.5. The van der Waals surface area contributed by atoms with Crippen molar-refractivity contribution >= 4 is 56.9 Å². The summed E-state index contributed by atoms with van der Waals surface area (Å²) in [6.45, 7) is 0.381. The molecule has 114 valence electrons. The third-order valence-electron chi connectivity index (χ3n) is 2.93. The molecule has 0 aliphatic carbocycles. The first-order chi connectivity index (χ1) is 10.4. The third kappa shape index (κ3) is 4.09. The van der Waals surface area contributed by atoms with Gasteiger partial charge in [0.2, 0.25) is 0 Å². The minimum Gasteiger partial charge on any atom is -0.487 e. The van der Waals surface area contributed by atoms with Gasteiger partial charge in [0.15, 0.2) is 0 Å². The molecular formula is C15H14I2N4O. The van der Waals surface area contributed by atoms with E-state index in [2.05, 4.69) is 45.2 Å². The molecule has 0 aliphatic heterocycles. The van der Waals surface area contributed by atoms with Crippen molar-refractivity contribution in [2.45, 2.75) is 6.61 Å². The molecule has 0 saturated heterocycles. The van der Waals surface area contributed by atoms with E-state index >= 15 is 0 Å². The van der Waals surface area contributed by atoms with Crippen LogP contribution in [0.2, 0.25) is 0 Å². The van der Waals surface area contributed by atoms with Gasteiger partial charge >= 0.3 is 0 Å². The Labute approximate surface area is 155 Å². The van der Waals surface area contributed by atoms with Gasteiger partial charge in [-0.3, -0.25) is 10.8 Å². The van der Waals surface area contributed by atoms with Gasteiger partial charge in [-0.05, 0) is 68.9 Å². The fourth-order valence-corrected chi connectivity index (χ4v) is 3.92. The van der Waals surface area contributed by atoms with Crippen molar-refractivity contribution in [1.29, 1.82) is 10.8 Å². The van der Waals surface area contributed by atoms with E-state index in [1.807, 2.05) is 30.3 Å². The van der Waals surface area contributed by atoms with E-state index in [9.17, 15) is 0 Å². The molecule has 2 aromatic carbocycles. The van der Waals surface area contributed by atoms with Crippen LogP contribution in [0.1, 0.15) is 16.7 Å². The summed E-state index contributed by atoms with van der Waals surface area (Å²) < 4.78 is 7.69. The van der Waals surface area contributed by atoms with Crippen LogP contribution >= 0.6 is 45.2 Å². The molecule has 0 amide bonds. The lowest BCUT2D eigenvalue weighted by molar-refractivity contribution is 0.301. The first kappa shape index (κ1) is 17.0. The van der Waals surface area contributed by atoms with Crippen LogP contribution in [0.5, 0.6) is 5.75 Å². The topological polar surface area (TPSA) is 109 Å². The number of nitrogen functional groups attached to an aromatic ring is 2. The fraction of sp³-hybridized carbons (Fsp3) is 0.0667. The molecule has 0 unspecified atom stereocenters. The molecule has 2 rings (SSSR count). The Morgan fingerprint density at radius 1 is 0.955 bits per heavy atom. The van der Waals surface area contributed by atoms with Gasteiger partial charge in [-0.15, -0.1) is 0 Å². The van der Waals surface area contributed by atoms with Crippen LogP contribution in [0, 0.1) is 18.0 Å². The highest BCUT2D eigenvalue weighted by Crippen LogP contribution is 2.29. The lowest BCUT2D eigenvalue weighted by atomic mass is 10.1. The van der Waals surface area contributed by atoms with Crippen LogP contribution in [0.4, 0.5) is 0 Å². The van der Waals surface area contributed by atoms with E-state index < -0.39 is 0 Å². The quantitative estimate of drug-likeness (QED) is 0.277. The number of hydrogen-bond acceptors (Lipinski definition) is 3. The Bertz CT molecular complexity index is 723. The highest BCUT2D eigenvalue weighted by Gasteiger charge is 2.11. The van der Waals surface area contributed by atoms with Crippen molar-refractivity contribution < 1.29 is 4.74 Å². The van der Waals surface area contributed by atoms with Gasteiger partial charge < -0.3 is 16.2 Å². The molecule has 7 heteroatoms. The van der Waals surface area contributed by atoms with Crippen LogP contribution in [0.3, 0.4) is 0 Å². The normalized spacial score (nSPS) is 10.3. The summed E-state index contributed by atoms with van der Waals surface area (Å²) in [5.41, 5.74) is 13.3. The zero-order valence-corrected chi connectivity index (χ0v) is 15.8. The molecule has 0 saturated carbocycles. The molecule has 0 fully saturated rings. The standard InChI is InChI=1S/C15H14I2N4O/c16-11-5-10(15(20)21)6-12(17)13(11)22-7-8-2-1-3-9(4-8)14(18)19/h1-6H,7H2,(H3,18,19)(H3,20,21). The largest absolute Gasteiger partial charge is 0.487 e. The van der Waals surface area contributed by atoms with Gasteiger partial charge in [0, 0.05) is 11.1 Å². The Morgan fingerprint density at radius 3 is 2.09 bits per heavy atom. The lowest BCUT2D eigenvalue weighted by Gasteiger charge is -2.12. The SMILES string of the molecule is N=C(N)c1cccc(COc2c(I)cc(C(=N)N)cc2I)c1. The van der Waals surface area contributed by atoms with E-state index in [0.29, 0.717) is 17.7 Å². The molecule has 0 radical (unpaired) electrons. The summed E-state index contributed by atoms with van der Waals surface area (Å²) in [6.07, 6.45) is 0. The van der Waals surface area contributed by atoms with Crippen LogP contribution < -0.4 is 16.2 Å². The average Bonchev–Trinajstić information content (AvgIpc) is 2.46. The van der Waals surface area contributed by atoms with Crippen molar-refractivity contribution in [1.82, 2.24) is 0 Å². The zero-order chi connectivity index (χ0) is 16.3. The van der Waals surface area contributed by atoms with Crippen LogP contribution in [0.25, 0.3) is 0 Å².